The molecule has 7 atom stereocenters. The average Bonchev–Trinajstić information content (AvgIpc) is 3.13. The number of fused-ring (bicyclic) bond motifs is 4. The molecule has 4 N–H and O–H groups in total. The summed E-state index contributed by atoms with van der Waals surface area (Å²) in [6.45, 7) is 5.55. The van der Waals surface area contributed by atoms with Crippen LogP contribution in [0.4, 0.5) is 0 Å². The molecule has 0 radical (unpaired) electrons. The minimum Gasteiger partial charge on any atom is -0.375 e. The number of hydrogen-bond acceptors (Lipinski definition) is 7. The second-order valence-corrected chi connectivity index (χ2v) is 8.00. The Balaban J connectivity index is 1.47. The Labute approximate surface area is 145 Å². The van der Waals surface area contributed by atoms with Crippen molar-refractivity contribution in [3.8, 4) is 0 Å². The first kappa shape index (κ1) is 17.1. The molecular weight excluding hydrogens is 306 g/mol. The molecule has 24 heavy (non-hydrogen) atoms. The van der Waals surface area contributed by atoms with Gasteiger partial charge in [-0.25, -0.2) is 0 Å². The van der Waals surface area contributed by atoms with Crippen LogP contribution in [0.15, 0.2) is 0 Å². The topological polar surface area (TPSA) is 69.8 Å². The summed E-state index contributed by atoms with van der Waals surface area (Å²) in [5, 5.41) is 7.15. The van der Waals surface area contributed by atoms with Crippen molar-refractivity contribution >= 4 is 0 Å². The molecule has 0 amide bonds. The lowest BCUT2D eigenvalue weighted by molar-refractivity contribution is -0.0393. The van der Waals surface area contributed by atoms with Crippen molar-refractivity contribution in [2.75, 3.05) is 33.5 Å². The summed E-state index contributed by atoms with van der Waals surface area (Å²) < 4.78 is 12.2. The van der Waals surface area contributed by atoms with Crippen molar-refractivity contribution in [2.24, 2.45) is 5.92 Å². The van der Waals surface area contributed by atoms with Crippen LogP contribution in [0.25, 0.3) is 0 Å². The van der Waals surface area contributed by atoms with E-state index in [2.05, 4.69) is 40.4 Å². The highest BCUT2D eigenvalue weighted by atomic mass is 16.5. The van der Waals surface area contributed by atoms with Gasteiger partial charge in [-0.15, -0.1) is 0 Å². The van der Waals surface area contributed by atoms with Gasteiger partial charge in [0.15, 0.2) is 0 Å². The van der Waals surface area contributed by atoms with Crippen molar-refractivity contribution in [1.29, 1.82) is 0 Å². The Morgan fingerprint density at radius 2 is 2.00 bits per heavy atom. The molecule has 7 nitrogen and oxygen atoms in total. The van der Waals surface area contributed by atoms with E-state index in [4.69, 9.17) is 9.47 Å². The first-order chi connectivity index (χ1) is 11.7. The summed E-state index contributed by atoms with van der Waals surface area (Å²) in [6.07, 6.45) is 5.60. The molecule has 0 aromatic rings. The van der Waals surface area contributed by atoms with E-state index in [9.17, 15) is 0 Å². The van der Waals surface area contributed by atoms with Crippen LogP contribution in [-0.4, -0.2) is 74.9 Å². The summed E-state index contributed by atoms with van der Waals surface area (Å²) in [7, 11) is 2.19. The van der Waals surface area contributed by atoms with E-state index in [0.29, 0.717) is 49.1 Å². The molecule has 0 aromatic heterocycles. The van der Waals surface area contributed by atoms with Crippen molar-refractivity contribution in [3.05, 3.63) is 0 Å². The Bertz CT molecular complexity index is 426. The minimum absolute atomic E-state index is 0.303. The van der Waals surface area contributed by atoms with Crippen LogP contribution in [0.2, 0.25) is 0 Å². The van der Waals surface area contributed by atoms with E-state index >= 15 is 0 Å². The molecule has 3 heterocycles. The highest BCUT2D eigenvalue weighted by molar-refractivity contribution is 5.04. The fraction of sp³-hybridized carbons (Fsp3) is 1.00. The lowest BCUT2D eigenvalue weighted by Gasteiger charge is -2.36. The monoisotopic (exact) mass is 339 g/mol. The molecule has 4 fully saturated rings. The Kier molecular flexibility index (Phi) is 5.38. The number of nitrogens with zero attached hydrogens (tertiary/aromatic N) is 1. The van der Waals surface area contributed by atoms with E-state index in [1.807, 2.05) is 0 Å². The normalized spacial score (nSPS) is 48.0. The molecule has 7 heteroatoms. The molecule has 4 rings (SSSR count). The summed E-state index contributed by atoms with van der Waals surface area (Å²) in [5.41, 5.74) is 7.14. The number of hydrogen-bond donors (Lipinski definition) is 4. The quantitative estimate of drug-likeness (QED) is 0.479. The van der Waals surface area contributed by atoms with Gasteiger partial charge in [0, 0.05) is 24.7 Å². The lowest BCUT2D eigenvalue weighted by atomic mass is 9.78. The zero-order chi connectivity index (χ0) is 16.5. The highest BCUT2D eigenvalue weighted by Gasteiger charge is 2.46. The zero-order valence-electron chi connectivity index (χ0n) is 15.0. The molecule has 0 spiro atoms. The summed E-state index contributed by atoms with van der Waals surface area (Å²) in [4.78, 5) is 2.38. The largest absolute Gasteiger partial charge is 0.375 e. The third-order valence-electron chi connectivity index (χ3n) is 6.24. The van der Waals surface area contributed by atoms with Crippen molar-refractivity contribution in [2.45, 2.75) is 69.1 Å². The van der Waals surface area contributed by atoms with E-state index in [1.54, 1.807) is 0 Å². The van der Waals surface area contributed by atoms with Gasteiger partial charge in [0.25, 0.3) is 0 Å². The highest BCUT2D eigenvalue weighted by Crippen LogP contribution is 2.34. The molecule has 6 unspecified atom stereocenters. The van der Waals surface area contributed by atoms with Gasteiger partial charge >= 0.3 is 0 Å². The fourth-order valence-electron chi connectivity index (χ4n) is 4.85. The summed E-state index contributed by atoms with van der Waals surface area (Å²) in [6, 6.07) is 1.51. The number of likely N-dealkylation sites (N-methyl/N-ethyl adjacent to an activating group) is 1. The zero-order valence-corrected chi connectivity index (χ0v) is 15.0. The molecule has 4 bridgehead atoms. The predicted molar refractivity (Wildman–Crippen MR) is 92.3 cm³/mol. The maximum Gasteiger partial charge on any atom is 0.0966 e. The van der Waals surface area contributed by atoms with Gasteiger partial charge in [-0.1, -0.05) is 0 Å². The first-order valence-electron chi connectivity index (χ1n) is 9.62. The first-order valence-corrected chi connectivity index (χ1v) is 9.62. The average molecular weight is 339 g/mol. The standard InChI is InChI=1S/C17H33N5O2/c1-11-5-6-18-10-23-9-16-19-15(8-22(16)2)17-13-7-12(24-11)3-4-14(13)20-21-17/h11-21H,3-10H2,1-2H3/t11-,12?,13?,14?,15?,16?,17?/m1/s1. The van der Waals surface area contributed by atoms with E-state index < -0.39 is 0 Å². The van der Waals surface area contributed by atoms with E-state index in [0.717, 1.165) is 32.5 Å². The molecule has 0 aromatic carbocycles. The summed E-state index contributed by atoms with van der Waals surface area (Å²) >= 11 is 0. The van der Waals surface area contributed by atoms with Crippen molar-refractivity contribution in [3.63, 3.8) is 0 Å². The molecule has 1 saturated carbocycles. The van der Waals surface area contributed by atoms with Crippen LogP contribution < -0.4 is 21.5 Å². The molecule has 3 saturated heterocycles. The number of ether oxygens (including phenoxy) is 2. The lowest BCUT2D eigenvalue weighted by Crippen LogP contribution is -2.50. The van der Waals surface area contributed by atoms with Crippen molar-refractivity contribution in [1.82, 2.24) is 26.4 Å². The second kappa shape index (κ2) is 7.53. The second-order valence-electron chi connectivity index (χ2n) is 8.00. The van der Waals surface area contributed by atoms with E-state index in [1.165, 1.54) is 12.8 Å². The number of nitrogens with one attached hydrogen (secondary N) is 4. The molecule has 4 aliphatic rings. The van der Waals surface area contributed by atoms with Crippen LogP contribution in [0.1, 0.15) is 32.6 Å². The SMILES string of the molecule is C[C@@H]1CCNCOCC2NC(CN2C)C2NNC3CCC(CC32)O1. The molecule has 1 aliphatic carbocycles. The van der Waals surface area contributed by atoms with Gasteiger partial charge in [0.05, 0.1) is 31.7 Å². The molecule has 138 valence electrons. The van der Waals surface area contributed by atoms with Gasteiger partial charge in [0.1, 0.15) is 0 Å². The number of hydrazine groups is 1. The smallest absolute Gasteiger partial charge is 0.0966 e. The Hall–Kier alpha value is -0.280. The molecular formula is C17H33N5O2. The van der Waals surface area contributed by atoms with Gasteiger partial charge in [-0.05, 0) is 52.1 Å². The van der Waals surface area contributed by atoms with E-state index in [-0.39, 0.29) is 0 Å². The van der Waals surface area contributed by atoms with Gasteiger partial charge in [-0.3, -0.25) is 26.4 Å². The maximum absolute atomic E-state index is 6.35. The van der Waals surface area contributed by atoms with Gasteiger partial charge < -0.3 is 9.47 Å². The Morgan fingerprint density at radius 3 is 2.92 bits per heavy atom. The predicted octanol–water partition coefficient (Wildman–Crippen LogP) is -0.398. The third-order valence-corrected chi connectivity index (χ3v) is 6.24. The minimum atomic E-state index is 0.303. The van der Waals surface area contributed by atoms with Crippen molar-refractivity contribution < 1.29 is 9.47 Å². The number of rotatable bonds is 0. The van der Waals surface area contributed by atoms with Crippen LogP contribution >= 0.6 is 0 Å². The van der Waals surface area contributed by atoms with Gasteiger partial charge in [0.2, 0.25) is 0 Å². The third kappa shape index (κ3) is 3.62. The maximum atomic E-state index is 6.35. The fourth-order valence-corrected chi connectivity index (χ4v) is 4.85. The van der Waals surface area contributed by atoms with Crippen LogP contribution in [-0.2, 0) is 9.47 Å². The Morgan fingerprint density at radius 1 is 1.08 bits per heavy atom. The molecule has 3 aliphatic heterocycles. The van der Waals surface area contributed by atoms with Gasteiger partial charge in [-0.2, -0.15) is 0 Å². The van der Waals surface area contributed by atoms with Crippen LogP contribution in [0.5, 0.6) is 0 Å². The van der Waals surface area contributed by atoms with Crippen LogP contribution in [0.3, 0.4) is 0 Å². The summed E-state index contributed by atoms with van der Waals surface area (Å²) in [5.74, 6) is 0.643. The van der Waals surface area contributed by atoms with Crippen LogP contribution in [0, 0.1) is 5.92 Å².